The van der Waals surface area contributed by atoms with E-state index in [4.69, 9.17) is 14.5 Å². The van der Waals surface area contributed by atoms with Crippen molar-refractivity contribution in [2.45, 2.75) is 69.9 Å². The summed E-state index contributed by atoms with van der Waals surface area (Å²) >= 11 is 0. The van der Waals surface area contributed by atoms with Crippen LogP contribution in [0.2, 0.25) is 0 Å². The fraction of sp³-hybridized carbons (Fsp3) is 0.542. The highest BCUT2D eigenvalue weighted by atomic mass is 16.7. The number of anilines is 1. The largest absolute Gasteiger partial charge is 0.393 e. The lowest BCUT2D eigenvalue weighted by molar-refractivity contribution is -0.163. The zero-order valence-electron chi connectivity index (χ0n) is 18.3. The van der Waals surface area contributed by atoms with Crippen LogP contribution < -0.4 is 5.32 Å². The lowest BCUT2D eigenvalue weighted by atomic mass is 9.93. The Bertz CT molecular complexity index is 1030. The van der Waals surface area contributed by atoms with Gasteiger partial charge in [-0.25, -0.2) is 15.0 Å². The second-order valence-corrected chi connectivity index (χ2v) is 8.69. The minimum Gasteiger partial charge on any atom is -0.393 e. The van der Waals surface area contributed by atoms with Crippen molar-refractivity contribution >= 4 is 17.0 Å². The third kappa shape index (κ3) is 4.92. The molecule has 4 heterocycles. The predicted molar refractivity (Wildman–Crippen MR) is 122 cm³/mol. The van der Waals surface area contributed by atoms with Crippen LogP contribution in [0.5, 0.6) is 0 Å². The van der Waals surface area contributed by atoms with E-state index < -0.39 is 0 Å². The van der Waals surface area contributed by atoms with Crippen LogP contribution in [-0.2, 0) is 16.0 Å². The number of aromatic nitrogens is 4. The number of hydrogen-bond acceptors (Lipinski definition) is 7. The SMILES string of the molecule is O[C@H]1CC[C@H](Nc2nccc(-c3cn(CCOC4CCCCO4)c4ncccc34)n2)CC1. The van der Waals surface area contributed by atoms with E-state index in [0.717, 1.165) is 73.8 Å². The number of rotatable bonds is 7. The molecule has 0 bridgehead atoms. The molecule has 2 aliphatic rings. The van der Waals surface area contributed by atoms with Gasteiger partial charge in [0.15, 0.2) is 6.29 Å². The van der Waals surface area contributed by atoms with E-state index in [2.05, 4.69) is 32.1 Å². The van der Waals surface area contributed by atoms with Gasteiger partial charge in [-0.1, -0.05) is 0 Å². The number of hydrogen-bond donors (Lipinski definition) is 2. The Morgan fingerprint density at radius 2 is 2.00 bits per heavy atom. The summed E-state index contributed by atoms with van der Waals surface area (Å²) in [6.07, 6.45) is 12.2. The van der Waals surface area contributed by atoms with Gasteiger partial charge in [0.1, 0.15) is 5.65 Å². The molecule has 2 fully saturated rings. The van der Waals surface area contributed by atoms with E-state index in [1.54, 1.807) is 6.20 Å². The first-order valence-corrected chi connectivity index (χ1v) is 11.7. The Kier molecular flexibility index (Phi) is 6.61. The molecule has 2 N–H and O–H groups in total. The normalized spacial score (nSPS) is 24.0. The third-order valence-electron chi connectivity index (χ3n) is 6.37. The van der Waals surface area contributed by atoms with Crippen molar-refractivity contribution in [2.24, 2.45) is 0 Å². The van der Waals surface area contributed by atoms with E-state index in [9.17, 15) is 5.11 Å². The standard InChI is InChI=1S/C24H31N5O3/c30-18-8-6-17(7-9-18)27-24-26-12-10-21(28-24)20-16-29(23-19(20)4-3-11-25-23)13-15-32-22-5-1-2-14-31-22/h3-4,10-12,16-18,22,30H,1-2,5-9,13-15H2,(H,26,27,28)/t17-,18-,22?. The molecule has 1 aliphatic heterocycles. The van der Waals surface area contributed by atoms with Crippen LogP contribution in [0, 0.1) is 0 Å². The number of aliphatic hydroxyl groups excluding tert-OH is 1. The molecular formula is C24H31N5O3. The summed E-state index contributed by atoms with van der Waals surface area (Å²) in [6, 6.07) is 6.28. The second-order valence-electron chi connectivity index (χ2n) is 8.69. The van der Waals surface area contributed by atoms with Crippen molar-refractivity contribution in [3.8, 4) is 11.3 Å². The summed E-state index contributed by atoms with van der Waals surface area (Å²) in [4.78, 5) is 13.8. The number of ether oxygens (including phenoxy) is 2. The highest BCUT2D eigenvalue weighted by Crippen LogP contribution is 2.29. The Morgan fingerprint density at radius 1 is 1.09 bits per heavy atom. The molecule has 1 saturated heterocycles. The zero-order valence-corrected chi connectivity index (χ0v) is 18.3. The van der Waals surface area contributed by atoms with Crippen molar-refractivity contribution in [3.63, 3.8) is 0 Å². The molecule has 0 aromatic carbocycles. The molecule has 32 heavy (non-hydrogen) atoms. The molecule has 8 nitrogen and oxygen atoms in total. The van der Waals surface area contributed by atoms with Crippen molar-refractivity contribution < 1.29 is 14.6 Å². The van der Waals surface area contributed by atoms with Gasteiger partial charge >= 0.3 is 0 Å². The van der Waals surface area contributed by atoms with Gasteiger partial charge in [0, 0.05) is 48.7 Å². The first-order valence-electron chi connectivity index (χ1n) is 11.7. The monoisotopic (exact) mass is 437 g/mol. The zero-order chi connectivity index (χ0) is 21.8. The van der Waals surface area contributed by atoms with Crippen LogP contribution >= 0.6 is 0 Å². The topological polar surface area (TPSA) is 94.3 Å². The molecule has 170 valence electrons. The Labute approximate surface area is 188 Å². The van der Waals surface area contributed by atoms with Crippen LogP contribution in [0.15, 0.2) is 36.8 Å². The Hall–Kier alpha value is -2.55. The highest BCUT2D eigenvalue weighted by Gasteiger charge is 2.20. The van der Waals surface area contributed by atoms with E-state index >= 15 is 0 Å². The molecule has 8 heteroatoms. The lowest BCUT2D eigenvalue weighted by Gasteiger charge is -2.26. The molecule has 3 aromatic heterocycles. The third-order valence-corrected chi connectivity index (χ3v) is 6.37. The highest BCUT2D eigenvalue weighted by molar-refractivity contribution is 5.93. The number of nitrogens with zero attached hydrogens (tertiary/aromatic N) is 4. The quantitative estimate of drug-likeness (QED) is 0.581. The van der Waals surface area contributed by atoms with Crippen LogP contribution in [0.1, 0.15) is 44.9 Å². The van der Waals surface area contributed by atoms with Crippen molar-refractivity contribution in [1.82, 2.24) is 19.5 Å². The van der Waals surface area contributed by atoms with E-state index in [1.807, 2.05) is 18.3 Å². The van der Waals surface area contributed by atoms with Crippen molar-refractivity contribution in [2.75, 3.05) is 18.5 Å². The van der Waals surface area contributed by atoms with E-state index in [1.165, 1.54) is 0 Å². The fourth-order valence-corrected chi connectivity index (χ4v) is 4.60. The Balaban J connectivity index is 1.32. The number of nitrogens with one attached hydrogen (secondary N) is 1. The molecule has 0 amide bonds. The average molecular weight is 438 g/mol. The maximum absolute atomic E-state index is 9.74. The summed E-state index contributed by atoms with van der Waals surface area (Å²) in [7, 11) is 0. The summed E-state index contributed by atoms with van der Waals surface area (Å²) in [5.74, 6) is 0.631. The number of fused-ring (bicyclic) bond motifs is 1. The van der Waals surface area contributed by atoms with Crippen LogP contribution in [0.25, 0.3) is 22.3 Å². The van der Waals surface area contributed by atoms with Crippen LogP contribution in [-0.4, -0.2) is 56.3 Å². The maximum Gasteiger partial charge on any atom is 0.223 e. The smallest absolute Gasteiger partial charge is 0.223 e. The first-order chi connectivity index (χ1) is 15.8. The number of pyridine rings is 1. The van der Waals surface area contributed by atoms with Gasteiger partial charge in [-0.15, -0.1) is 0 Å². The first kappa shape index (κ1) is 21.3. The van der Waals surface area contributed by atoms with Gasteiger partial charge in [0.2, 0.25) is 5.95 Å². The maximum atomic E-state index is 9.74. The van der Waals surface area contributed by atoms with Crippen LogP contribution in [0.4, 0.5) is 5.95 Å². The molecule has 0 radical (unpaired) electrons. The van der Waals surface area contributed by atoms with Gasteiger partial charge < -0.3 is 24.5 Å². The average Bonchev–Trinajstić information content (AvgIpc) is 3.20. The number of aliphatic hydroxyl groups is 1. The molecule has 5 rings (SSSR count). The summed E-state index contributed by atoms with van der Waals surface area (Å²) in [6.45, 7) is 2.07. The summed E-state index contributed by atoms with van der Waals surface area (Å²) < 4.78 is 13.7. The van der Waals surface area contributed by atoms with Gasteiger partial charge in [-0.2, -0.15) is 0 Å². The van der Waals surface area contributed by atoms with E-state index in [0.29, 0.717) is 25.1 Å². The van der Waals surface area contributed by atoms with Gasteiger partial charge in [-0.3, -0.25) is 0 Å². The van der Waals surface area contributed by atoms with Crippen LogP contribution in [0.3, 0.4) is 0 Å². The fourth-order valence-electron chi connectivity index (χ4n) is 4.60. The molecule has 1 atom stereocenters. The molecule has 0 spiro atoms. The van der Waals surface area contributed by atoms with Crippen molar-refractivity contribution in [1.29, 1.82) is 0 Å². The minimum absolute atomic E-state index is 0.0885. The predicted octanol–water partition coefficient (Wildman–Crippen LogP) is 3.75. The molecule has 1 unspecified atom stereocenters. The molecular weight excluding hydrogens is 406 g/mol. The summed E-state index contributed by atoms with van der Waals surface area (Å²) in [5.41, 5.74) is 2.82. The summed E-state index contributed by atoms with van der Waals surface area (Å²) in [5, 5.41) is 14.3. The van der Waals surface area contributed by atoms with Gasteiger partial charge in [0.05, 0.1) is 18.4 Å². The second kappa shape index (κ2) is 9.94. The minimum atomic E-state index is -0.174. The molecule has 1 saturated carbocycles. The van der Waals surface area contributed by atoms with E-state index in [-0.39, 0.29) is 12.4 Å². The lowest BCUT2D eigenvalue weighted by Crippen LogP contribution is -2.28. The van der Waals surface area contributed by atoms with Gasteiger partial charge in [-0.05, 0) is 63.1 Å². The molecule has 3 aromatic rings. The molecule has 1 aliphatic carbocycles. The van der Waals surface area contributed by atoms with Crippen molar-refractivity contribution in [3.05, 3.63) is 36.8 Å². The Morgan fingerprint density at radius 3 is 2.84 bits per heavy atom. The van der Waals surface area contributed by atoms with Gasteiger partial charge in [0.25, 0.3) is 0 Å².